The van der Waals surface area contributed by atoms with E-state index < -0.39 is 30.1 Å². The van der Waals surface area contributed by atoms with E-state index in [9.17, 15) is 33.3 Å². The lowest BCUT2D eigenvalue weighted by molar-refractivity contribution is -0.137. The van der Waals surface area contributed by atoms with Gasteiger partial charge in [0.05, 0.1) is 31.0 Å². The van der Waals surface area contributed by atoms with Crippen LogP contribution >= 0.6 is 11.3 Å². The zero-order chi connectivity index (χ0) is 30.1. The molecular formula is C30H38F3NO7S. The monoisotopic (exact) mass is 613 g/mol. The second-order valence-corrected chi connectivity index (χ2v) is 11.8. The molecule has 2 heterocycles. The molecule has 1 aromatic heterocycles. The Balaban J connectivity index is 1.21. The first-order chi connectivity index (χ1) is 20.1. The average molecular weight is 614 g/mol. The van der Waals surface area contributed by atoms with Crippen molar-refractivity contribution >= 4 is 17.3 Å². The summed E-state index contributed by atoms with van der Waals surface area (Å²) in [5.74, 6) is -0.958. The molecule has 1 aliphatic heterocycles. The van der Waals surface area contributed by atoms with Crippen LogP contribution in [0.3, 0.4) is 0 Å². The van der Waals surface area contributed by atoms with Gasteiger partial charge in [0, 0.05) is 36.9 Å². The number of alkyl halides is 3. The number of aliphatic hydroxyl groups excluding tert-OH is 3. The Hall–Kier alpha value is -2.48. The van der Waals surface area contributed by atoms with Gasteiger partial charge in [0.25, 0.3) is 0 Å². The van der Waals surface area contributed by atoms with Crippen LogP contribution in [0, 0.1) is 11.8 Å². The van der Waals surface area contributed by atoms with Crippen molar-refractivity contribution in [3.63, 3.8) is 0 Å². The maximum atomic E-state index is 12.9. The van der Waals surface area contributed by atoms with Gasteiger partial charge < -0.3 is 29.5 Å². The summed E-state index contributed by atoms with van der Waals surface area (Å²) in [6, 6.07) is 8.09. The number of carbonyl (C=O) groups is 1. The Bertz CT molecular complexity index is 1170. The third kappa shape index (κ3) is 9.51. The molecule has 4 rings (SSSR count). The molecule has 0 amide bonds. The first kappa shape index (κ1) is 32.4. The number of benzene rings is 1. The molecule has 8 nitrogen and oxygen atoms in total. The van der Waals surface area contributed by atoms with Gasteiger partial charge >= 0.3 is 12.1 Å². The van der Waals surface area contributed by atoms with Crippen molar-refractivity contribution in [3.8, 4) is 5.75 Å². The Kier molecular flexibility index (Phi) is 11.8. The number of thiophene rings is 1. The van der Waals surface area contributed by atoms with Crippen LogP contribution < -0.4 is 4.74 Å². The summed E-state index contributed by atoms with van der Waals surface area (Å²) in [7, 11) is 0. The van der Waals surface area contributed by atoms with Crippen molar-refractivity contribution in [2.75, 3.05) is 46.1 Å². The second kappa shape index (κ2) is 15.3. The van der Waals surface area contributed by atoms with Crippen LogP contribution in [0.5, 0.6) is 5.75 Å². The maximum absolute atomic E-state index is 12.9. The average Bonchev–Trinajstić information content (AvgIpc) is 3.54. The van der Waals surface area contributed by atoms with Gasteiger partial charge in [-0.25, -0.2) is 4.79 Å². The largest absolute Gasteiger partial charge is 0.491 e. The Morgan fingerprint density at radius 3 is 2.71 bits per heavy atom. The molecule has 0 unspecified atom stereocenters. The molecule has 232 valence electrons. The van der Waals surface area contributed by atoms with Gasteiger partial charge in [0.1, 0.15) is 29.9 Å². The molecule has 0 bridgehead atoms. The van der Waals surface area contributed by atoms with Crippen LogP contribution in [0.4, 0.5) is 13.2 Å². The predicted octanol–water partition coefficient (Wildman–Crippen LogP) is 3.93. The topological polar surface area (TPSA) is 109 Å². The third-order valence-corrected chi connectivity index (χ3v) is 8.75. The molecule has 42 heavy (non-hydrogen) atoms. The van der Waals surface area contributed by atoms with Crippen LogP contribution in [0.2, 0.25) is 0 Å². The fourth-order valence-corrected chi connectivity index (χ4v) is 6.27. The SMILES string of the molecule is O=C(OCCN1CCOCC1)c1ccc(CCC[C@@H]2[C@@H](/C=C/[C@@H](O)COc3cccc(C(F)(F)F)c3)[C@H](O)C[C@@H]2O)s1. The van der Waals surface area contributed by atoms with Crippen molar-refractivity contribution < 1.29 is 47.5 Å². The fourth-order valence-electron chi connectivity index (χ4n) is 5.33. The van der Waals surface area contributed by atoms with E-state index in [2.05, 4.69) is 4.90 Å². The van der Waals surface area contributed by atoms with Crippen molar-refractivity contribution in [2.24, 2.45) is 11.8 Å². The molecule has 1 saturated heterocycles. The van der Waals surface area contributed by atoms with Gasteiger partial charge in [-0.3, -0.25) is 4.90 Å². The molecule has 2 aromatic rings. The zero-order valence-corrected chi connectivity index (χ0v) is 24.1. The number of nitrogens with zero attached hydrogens (tertiary/aromatic N) is 1. The second-order valence-electron chi connectivity index (χ2n) is 10.6. The highest BCUT2D eigenvalue weighted by atomic mass is 32.1. The lowest BCUT2D eigenvalue weighted by Crippen LogP contribution is -2.38. The zero-order valence-electron chi connectivity index (χ0n) is 23.2. The number of ether oxygens (including phenoxy) is 3. The number of hydrogen-bond acceptors (Lipinski definition) is 9. The smallest absolute Gasteiger partial charge is 0.416 e. The molecule has 3 N–H and O–H groups in total. The molecule has 12 heteroatoms. The molecule has 2 fully saturated rings. The quantitative estimate of drug-likeness (QED) is 0.231. The van der Waals surface area contributed by atoms with Crippen LogP contribution in [0.1, 0.15) is 39.4 Å². The van der Waals surface area contributed by atoms with Crippen molar-refractivity contribution in [1.29, 1.82) is 0 Å². The van der Waals surface area contributed by atoms with Crippen molar-refractivity contribution in [2.45, 2.75) is 50.2 Å². The van der Waals surface area contributed by atoms with E-state index in [0.29, 0.717) is 44.1 Å². The molecule has 1 saturated carbocycles. The molecular weight excluding hydrogens is 575 g/mol. The van der Waals surface area contributed by atoms with Crippen LogP contribution in [-0.4, -0.2) is 90.6 Å². The fraction of sp³-hybridized carbons (Fsp3) is 0.567. The highest BCUT2D eigenvalue weighted by Crippen LogP contribution is 2.37. The lowest BCUT2D eigenvalue weighted by atomic mass is 9.88. The number of carbonyl (C=O) groups excluding carboxylic acids is 1. The molecule has 1 aliphatic carbocycles. The summed E-state index contributed by atoms with van der Waals surface area (Å²) < 4.78 is 54.8. The summed E-state index contributed by atoms with van der Waals surface area (Å²) >= 11 is 1.39. The maximum Gasteiger partial charge on any atom is 0.416 e. The van der Waals surface area contributed by atoms with Crippen LogP contribution in [0.15, 0.2) is 48.6 Å². The summed E-state index contributed by atoms with van der Waals surface area (Å²) in [5, 5.41) is 31.4. The van der Waals surface area contributed by atoms with E-state index in [1.165, 1.54) is 29.5 Å². The molecule has 0 spiro atoms. The summed E-state index contributed by atoms with van der Waals surface area (Å²) in [4.78, 5) is 16.2. The summed E-state index contributed by atoms with van der Waals surface area (Å²) in [6.07, 6.45) is -1.70. The normalized spacial score (nSPS) is 24.2. The van der Waals surface area contributed by atoms with Gasteiger partial charge in [-0.2, -0.15) is 13.2 Å². The van der Waals surface area contributed by atoms with Crippen LogP contribution in [0.25, 0.3) is 0 Å². The van der Waals surface area contributed by atoms with Crippen LogP contribution in [-0.2, 0) is 22.1 Å². The van der Waals surface area contributed by atoms with E-state index in [-0.39, 0.29) is 36.6 Å². The van der Waals surface area contributed by atoms with E-state index in [1.807, 2.05) is 6.07 Å². The summed E-state index contributed by atoms with van der Waals surface area (Å²) in [6.45, 7) is 3.81. The Morgan fingerprint density at radius 2 is 1.95 bits per heavy atom. The number of aryl methyl sites for hydroxylation is 1. The van der Waals surface area contributed by atoms with Gasteiger partial charge in [-0.05, 0) is 55.5 Å². The number of esters is 1. The number of morpholine rings is 1. The highest BCUT2D eigenvalue weighted by molar-refractivity contribution is 7.13. The minimum atomic E-state index is -4.49. The molecule has 5 atom stereocenters. The van der Waals surface area contributed by atoms with E-state index in [4.69, 9.17) is 14.2 Å². The predicted molar refractivity (Wildman–Crippen MR) is 150 cm³/mol. The van der Waals surface area contributed by atoms with E-state index in [1.54, 1.807) is 12.1 Å². The molecule has 2 aliphatic rings. The standard InChI is InChI=1S/C30H38F3NO7S/c31-30(32,33)20-3-1-4-22(17-20)41-19-21(35)7-9-25-24(26(36)18-27(25)37)6-2-5-23-8-10-28(42-23)29(38)40-16-13-34-11-14-39-15-12-34/h1,3-4,7-10,17,21,24-27,35-37H,2,5-6,11-16,18-19H2/b9-7+/t21-,24-,25-,26+,27-/m1/s1. The van der Waals surface area contributed by atoms with Gasteiger partial charge in [0.15, 0.2) is 0 Å². The van der Waals surface area contributed by atoms with Crippen molar-refractivity contribution in [1.82, 2.24) is 4.90 Å². The van der Waals surface area contributed by atoms with Gasteiger partial charge in [-0.15, -0.1) is 11.3 Å². The first-order valence-corrected chi connectivity index (χ1v) is 15.0. The van der Waals surface area contributed by atoms with E-state index >= 15 is 0 Å². The van der Waals surface area contributed by atoms with Gasteiger partial charge in [-0.1, -0.05) is 18.2 Å². The molecule has 0 radical (unpaired) electrons. The number of aliphatic hydroxyl groups is 3. The number of halogens is 3. The Labute approximate surface area is 247 Å². The minimum Gasteiger partial charge on any atom is -0.491 e. The number of rotatable bonds is 13. The highest BCUT2D eigenvalue weighted by Gasteiger charge is 2.39. The first-order valence-electron chi connectivity index (χ1n) is 14.2. The van der Waals surface area contributed by atoms with E-state index in [0.717, 1.165) is 36.5 Å². The number of hydrogen-bond donors (Lipinski definition) is 3. The van der Waals surface area contributed by atoms with Gasteiger partial charge in [0.2, 0.25) is 0 Å². The lowest BCUT2D eigenvalue weighted by Gasteiger charge is -2.26. The Morgan fingerprint density at radius 1 is 1.17 bits per heavy atom. The summed E-state index contributed by atoms with van der Waals surface area (Å²) in [5.41, 5.74) is -0.839. The molecule has 1 aromatic carbocycles. The third-order valence-electron chi connectivity index (χ3n) is 7.62. The van der Waals surface area contributed by atoms with Crippen molar-refractivity contribution in [3.05, 3.63) is 63.9 Å². The minimum absolute atomic E-state index is 0.00976.